The summed E-state index contributed by atoms with van der Waals surface area (Å²) in [6, 6.07) is 3.82. The van der Waals surface area contributed by atoms with Crippen LogP contribution in [0, 0.1) is 0 Å². The van der Waals surface area contributed by atoms with Crippen LogP contribution in [-0.2, 0) is 6.42 Å². The second kappa shape index (κ2) is 5.02. The molecule has 0 aliphatic carbocycles. The number of piperidine rings is 1. The van der Waals surface area contributed by atoms with Crippen molar-refractivity contribution in [2.24, 2.45) is 0 Å². The van der Waals surface area contributed by atoms with Gasteiger partial charge >= 0.3 is 0 Å². The molecule has 2 heterocycles. The summed E-state index contributed by atoms with van der Waals surface area (Å²) in [6.07, 6.45) is 3.93. The third-order valence-corrected chi connectivity index (χ3v) is 3.68. The molecule has 0 spiro atoms. The van der Waals surface area contributed by atoms with Crippen LogP contribution in [0.15, 0.2) is 18.3 Å². The van der Waals surface area contributed by atoms with Crippen LogP contribution in [0.1, 0.15) is 25.3 Å². The fourth-order valence-electron chi connectivity index (χ4n) is 2.42. The van der Waals surface area contributed by atoms with E-state index in [0.29, 0.717) is 12.2 Å². The van der Waals surface area contributed by atoms with E-state index in [1.165, 1.54) is 0 Å². The lowest BCUT2D eigenvalue weighted by Crippen LogP contribution is -2.45. The number of aromatic nitrogens is 1. The van der Waals surface area contributed by atoms with Gasteiger partial charge in [0.15, 0.2) is 0 Å². The number of aliphatic hydroxyl groups is 1. The Morgan fingerprint density at radius 1 is 1.47 bits per heavy atom. The summed E-state index contributed by atoms with van der Waals surface area (Å²) in [7, 11) is 0. The molecule has 17 heavy (non-hydrogen) atoms. The topological polar surface area (TPSA) is 62.4 Å². The minimum absolute atomic E-state index is 0.541. The largest absolute Gasteiger partial charge is 0.389 e. The monoisotopic (exact) mass is 235 g/mol. The second-order valence-electron chi connectivity index (χ2n) is 4.88. The summed E-state index contributed by atoms with van der Waals surface area (Å²) in [5.41, 5.74) is 6.17. The Labute approximate surface area is 102 Å². The first-order valence-corrected chi connectivity index (χ1v) is 6.27. The van der Waals surface area contributed by atoms with Crippen molar-refractivity contribution < 1.29 is 5.11 Å². The average molecular weight is 235 g/mol. The van der Waals surface area contributed by atoms with Gasteiger partial charge in [-0.05, 0) is 31.0 Å². The molecule has 0 aromatic carbocycles. The van der Waals surface area contributed by atoms with Crippen LogP contribution in [0.4, 0.5) is 5.82 Å². The molecule has 3 N–H and O–H groups in total. The van der Waals surface area contributed by atoms with E-state index in [2.05, 4.69) is 16.8 Å². The van der Waals surface area contributed by atoms with Gasteiger partial charge in [-0.25, -0.2) is 4.98 Å². The second-order valence-corrected chi connectivity index (χ2v) is 4.88. The average Bonchev–Trinajstić information content (AvgIpc) is 2.33. The smallest absolute Gasteiger partial charge is 0.126 e. The molecule has 0 atom stereocenters. The van der Waals surface area contributed by atoms with Gasteiger partial charge in [0.05, 0.1) is 5.60 Å². The number of likely N-dealkylation sites (tertiary alicyclic amines) is 1. The van der Waals surface area contributed by atoms with Crippen molar-refractivity contribution in [1.82, 2.24) is 9.88 Å². The molecule has 1 fully saturated rings. The van der Waals surface area contributed by atoms with E-state index in [1.54, 1.807) is 6.20 Å². The molecule has 4 heteroatoms. The molecule has 94 valence electrons. The molecule has 0 bridgehead atoms. The third-order valence-electron chi connectivity index (χ3n) is 3.68. The van der Waals surface area contributed by atoms with E-state index < -0.39 is 5.60 Å². The Kier molecular flexibility index (Phi) is 3.64. The standard InChI is InChI=1S/C13H21N3O/c1-2-16-8-5-13(17,6-9-16)10-11-4-3-7-15-12(11)14/h3-4,7,17H,2,5-6,8-10H2,1H3,(H2,14,15). The number of nitrogens with zero attached hydrogens (tertiary/aromatic N) is 2. The summed E-state index contributed by atoms with van der Waals surface area (Å²) >= 11 is 0. The minimum Gasteiger partial charge on any atom is -0.389 e. The van der Waals surface area contributed by atoms with Gasteiger partial charge in [-0.1, -0.05) is 13.0 Å². The summed E-state index contributed by atoms with van der Waals surface area (Å²) in [4.78, 5) is 6.43. The summed E-state index contributed by atoms with van der Waals surface area (Å²) in [5.74, 6) is 0.541. The van der Waals surface area contributed by atoms with E-state index >= 15 is 0 Å². The number of hydrogen-bond donors (Lipinski definition) is 2. The van der Waals surface area contributed by atoms with Crippen LogP contribution in [0.25, 0.3) is 0 Å². The van der Waals surface area contributed by atoms with Crippen molar-refractivity contribution in [3.63, 3.8) is 0 Å². The van der Waals surface area contributed by atoms with Gasteiger partial charge in [-0.15, -0.1) is 0 Å². The van der Waals surface area contributed by atoms with Gasteiger partial charge in [0, 0.05) is 25.7 Å². The van der Waals surface area contributed by atoms with Gasteiger partial charge in [0.1, 0.15) is 5.82 Å². The van der Waals surface area contributed by atoms with E-state index in [4.69, 9.17) is 5.73 Å². The highest BCUT2D eigenvalue weighted by Gasteiger charge is 2.32. The summed E-state index contributed by atoms with van der Waals surface area (Å²) in [6.45, 7) is 5.15. The number of nitrogens with two attached hydrogens (primary N) is 1. The summed E-state index contributed by atoms with van der Waals surface area (Å²) in [5, 5.41) is 10.6. The van der Waals surface area contributed by atoms with Crippen LogP contribution in [0.2, 0.25) is 0 Å². The molecule has 1 aromatic heterocycles. The predicted molar refractivity (Wildman–Crippen MR) is 68.7 cm³/mol. The maximum Gasteiger partial charge on any atom is 0.126 e. The Balaban J connectivity index is 2.01. The number of hydrogen-bond acceptors (Lipinski definition) is 4. The summed E-state index contributed by atoms with van der Waals surface area (Å²) < 4.78 is 0. The van der Waals surface area contributed by atoms with Crippen molar-refractivity contribution >= 4 is 5.82 Å². The molecule has 1 aliphatic rings. The molecule has 1 aromatic rings. The van der Waals surface area contributed by atoms with E-state index in [9.17, 15) is 5.11 Å². The van der Waals surface area contributed by atoms with Gasteiger partial charge in [0.25, 0.3) is 0 Å². The number of pyridine rings is 1. The van der Waals surface area contributed by atoms with E-state index in [0.717, 1.165) is 38.0 Å². The van der Waals surface area contributed by atoms with E-state index in [1.807, 2.05) is 12.1 Å². The van der Waals surface area contributed by atoms with Crippen molar-refractivity contribution in [3.05, 3.63) is 23.9 Å². The van der Waals surface area contributed by atoms with Gasteiger partial charge in [-0.3, -0.25) is 0 Å². The zero-order chi connectivity index (χ0) is 12.3. The first-order valence-electron chi connectivity index (χ1n) is 6.27. The van der Waals surface area contributed by atoms with Crippen molar-refractivity contribution in [3.8, 4) is 0 Å². The Morgan fingerprint density at radius 3 is 2.76 bits per heavy atom. The third kappa shape index (κ3) is 2.96. The van der Waals surface area contributed by atoms with Crippen LogP contribution in [-0.4, -0.2) is 40.2 Å². The molecule has 0 radical (unpaired) electrons. The first kappa shape index (κ1) is 12.3. The lowest BCUT2D eigenvalue weighted by molar-refractivity contribution is -0.0193. The molecule has 0 unspecified atom stereocenters. The zero-order valence-electron chi connectivity index (χ0n) is 10.4. The molecule has 0 amide bonds. The highest BCUT2D eigenvalue weighted by Crippen LogP contribution is 2.27. The number of rotatable bonds is 3. The fourth-order valence-corrected chi connectivity index (χ4v) is 2.42. The lowest BCUT2D eigenvalue weighted by atomic mass is 9.85. The fraction of sp³-hybridized carbons (Fsp3) is 0.615. The molecule has 0 saturated carbocycles. The van der Waals surface area contributed by atoms with Gasteiger partial charge < -0.3 is 15.7 Å². The lowest BCUT2D eigenvalue weighted by Gasteiger charge is -2.38. The molecule has 2 rings (SSSR count). The molecule has 4 nitrogen and oxygen atoms in total. The van der Waals surface area contributed by atoms with Crippen LogP contribution >= 0.6 is 0 Å². The molecular formula is C13H21N3O. The maximum absolute atomic E-state index is 10.6. The SMILES string of the molecule is CCN1CCC(O)(Cc2cccnc2N)CC1. The minimum atomic E-state index is -0.608. The first-order chi connectivity index (χ1) is 8.13. The Morgan fingerprint density at radius 2 is 2.18 bits per heavy atom. The highest BCUT2D eigenvalue weighted by molar-refractivity contribution is 5.39. The number of anilines is 1. The maximum atomic E-state index is 10.6. The van der Waals surface area contributed by atoms with Crippen molar-refractivity contribution in [1.29, 1.82) is 0 Å². The Bertz CT molecular complexity index is 373. The normalized spacial score (nSPS) is 20.4. The van der Waals surface area contributed by atoms with Crippen LogP contribution in [0.5, 0.6) is 0 Å². The molecule has 1 aliphatic heterocycles. The van der Waals surface area contributed by atoms with E-state index in [-0.39, 0.29) is 0 Å². The quantitative estimate of drug-likeness (QED) is 0.822. The molecule has 1 saturated heterocycles. The van der Waals surface area contributed by atoms with Crippen LogP contribution in [0.3, 0.4) is 0 Å². The molecular weight excluding hydrogens is 214 g/mol. The van der Waals surface area contributed by atoms with Gasteiger partial charge in [-0.2, -0.15) is 0 Å². The Hall–Kier alpha value is -1.13. The predicted octanol–water partition coefficient (Wildman–Crippen LogP) is 1.05. The zero-order valence-corrected chi connectivity index (χ0v) is 10.4. The number of nitrogen functional groups attached to an aromatic ring is 1. The van der Waals surface area contributed by atoms with Crippen molar-refractivity contribution in [2.75, 3.05) is 25.4 Å². The highest BCUT2D eigenvalue weighted by atomic mass is 16.3. The van der Waals surface area contributed by atoms with Crippen LogP contribution < -0.4 is 5.73 Å². The van der Waals surface area contributed by atoms with Gasteiger partial charge in [0.2, 0.25) is 0 Å². The van der Waals surface area contributed by atoms with Crippen molar-refractivity contribution in [2.45, 2.75) is 31.8 Å².